The highest BCUT2D eigenvalue weighted by molar-refractivity contribution is 5.83. The molecule has 3 saturated carbocycles. The lowest BCUT2D eigenvalue weighted by atomic mass is 9.50. The van der Waals surface area contributed by atoms with Crippen LogP contribution in [0.1, 0.15) is 32.6 Å². The summed E-state index contributed by atoms with van der Waals surface area (Å²) in [6, 6.07) is 0. The second-order valence-corrected chi connectivity index (χ2v) is 5.45. The lowest BCUT2D eigenvalue weighted by Gasteiger charge is -2.56. The van der Waals surface area contributed by atoms with Gasteiger partial charge < -0.3 is 9.84 Å². The van der Waals surface area contributed by atoms with Gasteiger partial charge in [-0.05, 0) is 19.8 Å². The van der Waals surface area contributed by atoms with Crippen LogP contribution in [0.25, 0.3) is 0 Å². The minimum Gasteiger partial charge on any atom is -0.481 e. The molecule has 4 nitrogen and oxygen atoms in total. The van der Waals surface area contributed by atoms with E-state index < -0.39 is 60.3 Å². The van der Waals surface area contributed by atoms with Crippen LogP contribution in [0, 0.1) is 10.8 Å². The molecule has 8 heteroatoms. The van der Waals surface area contributed by atoms with Gasteiger partial charge in [0.25, 0.3) is 11.8 Å². The zero-order chi connectivity index (χ0) is 15.4. The summed E-state index contributed by atoms with van der Waals surface area (Å²) >= 11 is 0. The second-order valence-electron chi connectivity index (χ2n) is 5.45. The molecule has 0 aromatic heterocycles. The van der Waals surface area contributed by atoms with Gasteiger partial charge in [-0.1, -0.05) is 0 Å². The van der Waals surface area contributed by atoms with Crippen LogP contribution in [0.15, 0.2) is 0 Å². The molecule has 0 amide bonds. The number of hydrogen-bond donors (Lipinski definition) is 1. The largest absolute Gasteiger partial charge is 0.481 e. The van der Waals surface area contributed by atoms with Crippen molar-refractivity contribution in [1.82, 2.24) is 0 Å². The number of hydrogen-bond acceptors (Lipinski definition) is 3. The molecule has 0 saturated heterocycles. The molecule has 3 aliphatic rings. The van der Waals surface area contributed by atoms with Crippen molar-refractivity contribution >= 4 is 11.9 Å². The van der Waals surface area contributed by atoms with Crippen LogP contribution >= 0.6 is 0 Å². The highest BCUT2D eigenvalue weighted by Gasteiger charge is 2.80. The summed E-state index contributed by atoms with van der Waals surface area (Å²) in [4.78, 5) is 22.9. The molecule has 0 aromatic carbocycles. The van der Waals surface area contributed by atoms with Crippen molar-refractivity contribution < 1.29 is 37.0 Å². The van der Waals surface area contributed by atoms with Gasteiger partial charge in [0.2, 0.25) is 0 Å². The fraction of sp³-hybridized carbons (Fsp3) is 0.833. The minimum absolute atomic E-state index is 0.202. The van der Waals surface area contributed by atoms with Crippen LogP contribution in [-0.2, 0) is 14.3 Å². The van der Waals surface area contributed by atoms with Gasteiger partial charge in [-0.3, -0.25) is 9.59 Å². The number of carboxylic acid groups (broad SMARTS) is 1. The van der Waals surface area contributed by atoms with E-state index in [0.29, 0.717) is 0 Å². The normalized spacial score (nSPS) is 37.5. The molecule has 2 atom stereocenters. The van der Waals surface area contributed by atoms with E-state index in [2.05, 4.69) is 4.74 Å². The Morgan fingerprint density at radius 3 is 1.90 bits per heavy atom. The number of alkyl halides is 4. The molecule has 2 bridgehead atoms. The highest BCUT2D eigenvalue weighted by atomic mass is 19.3. The maximum atomic E-state index is 14.2. The maximum Gasteiger partial charge on any atom is 0.318 e. The Labute approximate surface area is 112 Å². The predicted octanol–water partition coefficient (Wildman–Crippen LogP) is 2.47. The Bertz CT molecular complexity index is 464. The summed E-state index contributed by atoms with van der Waals surface area (Å²) in [5.74, 6) is -11.0. The molecule has 2 unspecified atom stereocenters. The van der Waals surface area contributed by atoms with Gasteiger partial charge in [0, 0.05) is 12.8 Å². The van der Waals surface area contributed by atoms with Crippen molar-refractivity contribution in [1.29, 1.82) is 0 Å². The lowest BCUT2D eigenvalue weighted by molar-refractivity contribution is -0.302. The van der Waals surface area contributed by atoms with Gasteiger partial charge in [0.05, 0.1) is 6.61 Å². The Kier molecular flexibility index (Phi) is 3.07. The van der Waals surface area contributed by atoms with Crippen LogP contribution in [0.4, 0.5) is 17.6 Å². The molecular weight excluding hydrogens is 284 g/mol. The molecule has 0 spiro atoms. The van der Waals surface area contributed by atoms with Gasteiger partial charge in [0.1, 0.15) is 10.8 Å². The fourth-order valence-corrected chi connectivity index (χ4v) is 3.26. The number of carbonyl (C=O) groups is 2. The predicted molar refractivity (Wildman–Crippen MR) is 57.5 cm³/mol. The SMILES string of the molecule is CCOC(=O)C12CCC(C(=O)O)(CC1(F)F)C(F)(F)C2. The van der Waals surface area contributed by atoms with Crippen LogP contribution in [0.5, 0.6) is 0 Å². The van der Waals surface area contributed by atoms with Gasteiger partial charge >= 0.3 is 11.9 Å². The second kappa shape index (κ2) is 4.08. The monoisotopic (exact) mass is 298 g/mol. The van der Waals surface area contributed by atoms with Crippen molar-refractivity contribution in [2.75, 3.05) is 6.61 Å². The van der Waals surface area contributed by atoms with Crippen LogP contribution in [0.3, 0.4) is 0 Å². The number of fused-ring (bicyclic) bond motifs is 3. The number of esters is 1. The number of carbonyl (C=O) groups excluding carboxylic acids is 1. The Morgan fingerprint density at radius 1 is 1.05 bits per heavy atom. The molecule has 3 rings (SSSR count). The average Bonchev–Trinajstić information content (AvgIpc) is 2.29. The number of halogens is 4. The van der Waals surface area contributed by atoms with E-state index in [9.17, 15) is 27.2 Å². The number of rotatable bonds is 3. The van der Waals surface area contributed by atoms with E-state index >= 15 is 0 Å². The quantitative estimate of drug-likeness (QED) is 0.642. The smallest absolute Gasteiger partial charge is 0.318 e. The average molecular weight is 298 g/mol. The van der Waals surface area contributed by atoms with Crippen molar-refractivity contribution in [3.05, 3.63) is 0 Å². The van der Waals surface area contributed by atoms with Crippen LogP contribution in [0.2, 0.25) is 0 Å². The van der Waals surface area contributed by atoms with Gasteiger partial charge in [-0.15, -0.1) is 0 Å². The van der Waals surface area contributed by atoms with Gasteiger partial charge in [-0.2, -0.15) is 0 Å². The first-order chi connectivity index (χ1) is 9.05. The zero-order valence-electron chi connectivity index (χ0n) is 10.7. The van der Waals surface area contributed by atoms with Crippen molar-refractivity contribution in [2.45, 2.75) is 44.5 Å². The maximum absolute atomic E-state index is 14.2. The summed E-state index contributed by atoms with van der Waals surface area (Å²) in [5, 5.41) is 8.98. The van der Waals surface area contributed by atoms with E-state index in [-0.39, 0.29) is 6.61 Å². The van der Waals surface area contributed by atoms with Crippen LogP contribution in [-0.4, -0.2) is 35.5 Å². The van der Waals surface area contributed by atoms with E-state index in [0.717, 1.165) is 0 Å². The molecule has 20 heavy (non-hydrogen) atoms. The third-order valence-electron chi connectivity index (χ3n) is 4.50. The van der Waals surface area contributed by atoms with E-state index in [1.807, 2.05) is 0 Å². The molecule has 0 aliphatic heterocycles. The molecule has 0 heterocycles. The summed E-state index contributed by atoms with van der Waals surface area (Å²) in [6.45, 7) is 1.18. The standard InChI is InChI=1S/C12H14F4O4/c1-2-20-8(19)10-4-3-9(7(17)18,5-12(10,15)16)11(13,14)6-10/h2-6H2,1H3,(H,17,18). The molecule has 0 aromatic rings. The summed E-state index contributed by atoms with van der Waals surface area (Å²) < 4.78 is 61.0. The Hall–Kier alpha value is -1.34. The van der Waals surface area contributed by atoms with E-state index in [1.165, 1.54) is 6.92 Å². The third kappa shape index (κ3) is 1.59. The van der Waals surface area contributed by atoms with Crippen molar-refractivity contribution in [2.24, 2.45) is 10.8 Å². The van der Waals surface area contributed by atoms with Gasteiger partial charge in [-0.25, -0.2) is 17.6 Å². The van der Waals surface area contributed by atoms with E-state index in [1.54, 1.807) is 0 Å². The Morgan fingerprint density at radius 2 is 1.50 bits per heavy atom. The number of carboxylic acids is 1. The first kappa shape index (κ1) is 15.1. The lowest BCUT2D eigenvalue weighted by Crippen LogP contribution is -2.69. The number of aliphatic carboxylic acids is 1. The topological polar surface area (TPSA) is 63.6 Å². The van der Waals surface area contributed by atoms with E-state index in [4.69, 9.17) is 5.11 Å². The first-order valence-corrected chi connectivity index (χ1v) is 6.21. The Balaban J connectivity index is 2.50. The zero-order valence-corrected chi connectivity index (χ0v) is 10.7. The summed E-state index contributed by atoms with van der Waals surface area (Å²) in [5.41, 5.74) is -5.42. The molecule has 1 N–H and O–H groups in total. The summed E-state index contributed by atoms with van der Waals surface area (Å²) in [6.07, 6.45) is -4.30. The number of ether oxygens (including phenoxy) is 1. The van der Waals surface area contributed by atoms with Crippen molar-refractivity contribution in [3.8, 4) is 0 Å². The first-order valence-electron chi connectivity index (χ1n) is 6.21. The molecule has 3 fully saturated rings. The highest BCUT2D eigenvalue weighted by Crippen LogP contribution is 2.69. The molecular formula is C12H14F4O4. The van der Waals surface area contributed by atoms with Gasteiger partial charge in [0.15, 0.2) is 0 Å². The minimum atomic E-state index is -3.87. The third-order valence-corrected chi connectivity index (χ3v) is 4.50. The summed E-state index contributed by atoms with van der Waals surface area (Å²) in [7, 11) is 0. The molecule has 3 aliphatic carbocycles. The van der Waals surface area contributed by atoms with Crippen molar-refractivity contribution in [3.63, 3.8) is 0 Å². The molecule has 0 radical (unpaired) electrons. The molecule has 114 valence electrons. The van der Waals surface area contributed by atoms with Crippen LogP contribution < -0.4 is 0 Å². The fourth-order valence-electron chi connectivity index (χ4n) is 3.26.